The average Bonchev–Trinajstić information content (AvgIpc) is 3.21. The highest BCUT2D eigenvalue weighted by Crippen LogP contribution is 2.30. The molecule has 0 amide bonds. The number of benzene rings is 2. The van der Waals surface area contributed by atoms with Gasteiger partial charge in [-0.2, -0.15) is 0 Å². The molecule has 4 rings (SSSR count). The molecule has 29 heavy (non-hydrogen) atoms. The molecule has 2 heterocycles. The maximum atomic E-state index is 12.4. The summed E-state index contributed by atoms with van der Waals surface area (Å²) >= 11 is 1.34. The number of aryl methyl sites for hydroxylation is 2. The summed E-state index contributed by atoms with van der Waals surface area (Å²) in [5.41, 5.74) is 4.83. The standard InChI is InChI=1S/C22H19N3O3S/c1-13-8-10-15(11-9-13)20-24-25-22(28-20)29-12-18-19(21(26)27-3)14(2)16-6-4-5-7-17(16)23-18/h4-11H,12H2,1-3H3. The van der Waals surface area contributed by atoms with Crippen LogP contribution in [-0.2, 0) is 10.5 Å². The fourth-order valence-electron chi connectivity index (χ4n) is 3.13. The van der Waals surface area contributed by atoms with E-state index in [4.69, 9.17) is 9.15 Å². The third-order valence-corrected chi connectivity index (χ3v) is 5.48. The maximum Gasteiger partial charge on any atom is 0.340 e. The highest BCUT2D eigenvalue weighted by molar-refractivity contribution is 7.98. The number of carbonyl (C=O) groups is 1. The summed E-state index contributed by atoms with van der Waals surface area (Å²) in [4.78, 5) is 17.1. The second-order valence-electron chi connectivity index (χ2n) is 6.60. The molecule has 6 nitrogen and oxygen atoms in total. The largest absolute Gasteiger partial charge is 0.465 e. The first kappa shape index (κ1) is 19.1. The predicted molar refractivity (Wildman–Crippen MR) is 112 cm³/mol. The van der Waals surface area contributed by atoms with E-state index in [2.05, 4.69) is 15.2 Å². The molecule has 0 aliphatic heterocycles. The van der Waals surface area contributed by atoms with E-state index in [1.165, 1.54) is 18.9 Å². The first-order valence-corrected chi connectivity index (χ1v) is 10.0. The Kier molecular flexibility index (Phi) is 5.31. The van der Waals surface area contributed by atoms with Gasteiger partial charge in [0.15, 0.2) is 0 Å². The van der Waals surface area contributed by atoms with Crippen molar-refractivity contribution in [1.29, 1.82) is 0 Å². The molecule has 7 heteroatoms. The average molecular weight is 405 g/mol. The van der Waals surface area contributed by atoms with Crippen LogP contribution in [0.2, 0.25) is 0 Å². The Morgan fingerprint density at radius 2 is 1.83 bits per heavy atom. The minimum absolute atomic E-state index is 0.401. The first-order valence-electron chi connectivity index (χ1n) is 9.06. The highest BCUT2D eigenvalue weighted by Gasteiger charge is 2.20. The van der Waals surface area contributed by atoms with Gasteiger partial charge in [0, 0.05) is 16.7 Å². The smallest absolute Gasteiger partial charge is 0.340 e. The Bertz CT molecular complexity index is 1190. The van der Waals surface area contributed by atoms with E-state index in [0.717, 1.165) is 27.6 Å². The zero-order chi connectivity index (χ0) is 20.4. The molecule has 0 spiro atoms. The third kappa shape index (κ3) is 3.86. The Labute approximate surface area is 172 Å². The Morgan fingerprint density at radius 1 is 1.07 bits per heavy atom. The molecule has 4 aromatic rings. The lowest BCUT2D eigenvalue weighted by Crippen LogP contribution is -2.10. The van der Waals surface area contributed by atoms with E-state index in [9.17, 15) is 4.79 Å². The molecule has 0 radical (unpaired) electrons. The van der Waals surface area contributed by atoms with E-state index in [1.807, 2.05) is 62.4 Å². The number of esters is 1. The van der Waals surface area contributed by atoms with E-state index in [1.54, 1.807) is 0 Å². The fraction of sp³-hybridized carbons (Fsp3) is 0.182. The second kappa shape index (κ2) is 8.05. The van der Waals surface area contributed by atoms with Gasteiger partial charge in [0.2, 0.25) is 5.89 Å². The number of rotatable bonds is 5. The quantitative estimate of drug-likeness (QED) is 0.342. The van der Waals surface area contributed by atoms with Gasteiger partial charge in [0.1, 0.15) is 0 Å². The minimum atomic E-state index is -0.401. The van der Waals surface area contributed by atoms with Crippen LogP contribution >= 0.6 is 11.8 Å². The van der Waals surface area contributed by atoms with Crippen LogP contribution in [0.5, 0.6) is 0 Å². The molecule has 0 N–H and O–H groups in total. The summed E-state index contributed by atoms with van der Waals surface area (Å²) < 4.78 is 10.8. The molecule has 0 fully saturated rings. The number of nitrogens with zero attached hydrogens (tertiary/aromatic N) is 3. The Balaban J connectivity index is 1.63. The fourth-order valence-corrected chi connectivity index (χ4v) is 3.83. The maximum absolute atomic E-state index is 12.4. The summed E-state index contributed by atoms with van der Waals surface area (Å²) in [7, 11) is 1.37. The number of pyridine rings is 1. The first-order chi connectivity index (χ1) is 14.1. The van der Waals surface area contributed by atoms with Gasteiger partial charge in [0.05, 0.1) is 23.9 Å². The molecule has 0 unspecified atom stereocenters. The summed E-state index contributed by atoms with van der Waals surface area (Å²) in [6.45, 7) is 3.93. The monoisotopic (exact) mass is 405 g/mol. The zero-order valence-corrected chi connectivity index (χ0v) is 17.1. The van der Waals surface area contributed by atoms with Gasteiger partial charge >= 0.3 is 5.97 Å². The molecule has 0 saturated carbocycles. The zero-order valence-electron chi connectivity index (χ0n) is 16.3. The lowest BCUT2D eigenvalue weighted by molar-refractivity contribution is 0.0598. The summed E-state index contributed by atoms with van der Waals surface area (Å²) in [6, 6.07) is 15.6. The molecule has 0 saturated heterocycles. The predicted octanol–water partition coefficient (Wildman–Crippen LogP) is 4.98. The number of ether oxygens (including phenoxy) is 1. The van der Waals surface area contributed by atoms with Crippen molar-refractivity contribution < 1.29 is 13.9 Å². The van der Waals surface area contributed by atoms with Crippen LogP contribution < -0.4 is 0 Å². The molecular weight excluding hydrogens is 386 g/mol. The highest BCUT2D eigenvalue weighted by atomic mass is 32.2. The van der Waals surface area contributed by atoms with Crippen molar-refractivity contribution in [3.05, 3.63) is 70.9 Å². The van der Waals surface area contributed by atoms with Crippen LogP contribution in [0.25, 0.3) is 22.4 Å². The molecule has 2 aromatic heterocycles. The number of methoxy groups -OCH3 is 1. The number of thioether (sulfide) groups is 1. The Morgan fingerprint density at radius 3 is 2.59 bits per heavy atom. The lowest BCUT2D eigenvalue weighted by Gasteiger charge is -2.12. The third-order valence-electron chi connectivity index (χ3n) is 4.65. The second-order valence-corrected chi connectivity index (χ2v) is 7.52. The van der Waals surface area contributed by atoms with Crippen LogP contribution in [0.3, 0.4) is 0 Å². The summed E-state index contributed by atoms with van der Waals surface area (Å²) in [6.07, 6.45) is 0. The number of fused-ring (bicyclic) bond motifs is 1. The SMILES string of the molecule is COC(=O)c1c(CSc2nnc(-c3ccc(C)cc3)o2)nc2ccccc2c1C. The van der Waals surface area contributed by atoms with Crippen LogP contribution in [0.4, 0.5) is 0 Å². The molecular formula is C22H19N3O3S. The molecule has 0 aliphatic rings. The van der Waals surface area contributed by atoms with Crippen LogP contribution in [-0.4, -0.2) is 28.3 Å². The van der Waals surface area contributed by atoms with Crippen molar-refractivity contribution in [3.8, 4) is 11.5 Å². The topological polar surface area (TPSA) is 78.1 Å². The van der Waals surface area contributed by atoms with Crippen LogP contribution in [0.1, 0.15) is 27.2 Å². The summed E-state index contributed by atoms with van der Waals surface area (Å²) in [5.74, 6) is 0.469. The van der Waals surface area contributed by atoms with Crippen molar-refractivity contribution in [3.63, 3.8) is 0 Å². The van der Waals surface area contributed by atoms with Gasteiger partial charge in [-0.1, -0.05) is 47.7 Å². The molecule has 0 aliphatic carbocycles. The van der Waals surface area contributed by atoms with Crippen molar-refractivity contribution in [2.24, 2.45) is 0 Å². The van der Waals surface area contributed by atoms with Gasteiger partial charge < -0.3 is 9.15 Å². The number of carbonyl (C=O) groups excluding carboxylic acids is 1. The summed E-state index contributed by atoms with van der Waals surface area (Å²) in [5, 5.41) is 9.58. The molecule has 0 bridgehead atoms. The van der Waals surface area contributed by atoms with Gasteiger partial charge in [-0.15, -0.1) is 10.2 Å². The van der Waals surface area contributed by atoms with E-state index < -0.39 is 5.97 Å². The lowest BCUT2D eigenvalue weighted by atomic mass is 10.0. The van der Waals surface area contributed by atoms with Crippen molar-refractivity contribution in [1.82, 2.24) is 15.2 Å². The van der Waals surface area contributed by atoms with Gasteiger partial charge in [-0.3, -0.25) is 4.98 Å². The van der Waals surface area contributed by atoms with E-state index in [0.29, 0.717) is 28.1 Å². The minimum Gasteiger partial charge on any atom is -0.465 e. The van der Waals surface area contributed by atoms with Crippen LogP contribution in [0, 0.1) is 13.8 Å². The molecule has 2 aromatic carbocycles. The Hall–Kier alpha value is -3.19. The van der Waals surface area contributed by atoms with Crippen LogP contribution in [0.15, 0.2) is 58.2 Å². The number of para-hydroxylation sites is 1. The van der Waals surface area contributed by atoms with Crippen molar-refractivity contribution >= 4 is 28.6 Å². The number of aromatic nitrogens is 3. The van der Waals surface area contributed by atoms with Gasteiger partial charge in [-0.25, -0.2) is 4.79 Å². The molecule has 0 atom stereocenters. The number of hydrogen-bond acceptors (Lipinski definition) is 7. The van der Waals surface area contributed by atoms with E-state index in [-0.39, 0.29) is 0 Å². The normalized spacial score (nSPS) is 11.0. The van der Waals surface area contributed by atoms with Crippen molar-refractivity contribution in [2.75, 3.05) is 7.11 Å². The molecule has 146 valence electrons. The van der Waals surface area contributed by atoms with Crippen molar-refractivity contribution in [2.45, 2.75) is 24.8 Å². The van der Waals surface area contributed by atoms with Gasteiger partial charge in [0.25, 0.3) is 5.22 Å². The van der Waals surface area contributed by atoms with E-state index >= 15 is 0 Å². The van der Waals surface area contributed by atoms with Gasteiger partial charge in [-0.05, 0) is 37.6 Å². The number of hydrogen-bond donors (Lipinski definition) is 0.